The van der Waals surface area contributed by atoms with Crippen LogP contribution in [0.2, 0.25) is 0 Å². The predicted molar refractivity (Wildman–Crippen MR) is 113 cm³/mol. The van der Waals surface area contributed by atoms with Gasteiger partial charge in [-0.1, -0.05) is 0 Å². The number of amides is 1. The van der Waals surface area contributed by atoms with Crippen LogP contribution in [0.1, 0.15) is 42.5 Å². The summed E-state index contributed by atoms with van der Waals surface area (Å²) in [6.45, 7) is 1.48. The summed E-state index contributed by atoms with van der Waals surface area (Å²) in [6, 6.07) is -0.255. The maximum Gasteiger partial charge on any atom is 0.308 e. The van der Waals surface area contributed by atoms with Crippen molar-refractivity contribution in [2.75, 3.05) is 33.0 Å². The van der Waals surface area contributed by atoms with Crippen LogP contribution in [0.15, 0.2) is 12.4 Å². The highest BCUT2D eigenvalue weighted by molar-refractivity contribution is 6.04. The number of carbonyl (C=O) groups excluding carboxylic acids is 2. The number of hydrogen-bond acceptors (Lipinski definition) is 8. The van der Waals surface area contributed by atoms with E-state index in [1.807, 2.05) is 7.05 Å². The molecule has 2 aromatic heterocycles. The Bertz CT molecular complexity index is 990. The highest BCUT2D eigenvalue weighted by Gasteiger charge is 2.35. The first-order valence-corrected chi connectivity index (χ1v) is 10.9. The van der Waals surface area contributed by atoms with Gasteiger partial charge in [0.1, 0.15) is 5.56 Å². The summed E-state index contributed by atoms with van der Waals surface area (Å²) >= 11 is 0. The first-order chi connectivity index (χ1) is 15.4. The number of ether oxygens (including phenoxy) is 2. The molecule has 0 aromatic carbocycles. The molecule has 1 aliphatic heterocycles. The minimum absolute atomic E-state index is 0.0108. The van der Waals surface area contributed by atoms with E-state index in [1.165, 1.54) is 11.6 Å². The van der Waals surface area contributed by atoms with Crippen LogP contribution in [0.25, 0.3) is 5.65 Å². The van der Waals surface area contributed by atoms with Crippen molar-refractivity contribution >= 4 is 23.3 Å². The number of likely N-dealkylation sites (N-methyl/N-ethyl adjacent to an activating group) is 1. The van der Waals surface area contributed by atoms with Crippen molar-refractivity contribution in [1.82, 2.24) is 24.8 Å². The Balaban J connectivity index is 1.44. The van der Waals surface area contributed by atoms with Crippen LogP contribution in [-0.4, -0.2) is 76.9 Å². The monoisotopic (exact) mass is 448 g/mol. The summed E-state index contributed by atoms with van der Waals surface area (Å²) in [5.41, 5.74) is 6.25. The first kappa shape index (κ1) is 22.4. The molecule has 174 valence electrons. The number of halogens is 1. The van der Waals surface area contributed by atoms with E-state index in [0.717, 1.165) is 51.0 Å². The molecule has 2 aromatic rings. The molecule has 4 rings (SSSR count). The number of nitrogens with zero attached hydrogens (tertiary/aromatic N) is 4. The lowest BCUT2D eigenvalue weighted by Gasteiger charge is -2.39. The van der Waals surface area contributed by atoms with Gasteiger partial charge in [-0.15, -0.1) is 5.10 Å². The van der Waals surface area contributed by atoms with Crippen molar-refractivity contribution in [2.45, 2.75) is 50.4 Å². The number of esters is 1. The highest BCUT2D eigenvalue weighted by Crippen LogP contribution is 2.29. The number of rotatable bonds is 5. The molecule has 2 fully saturated rings. The lowest BCUT2D eigenvalue weighted by Crippen LogP contribution is -2.56. The molecule has 1 aliphatic carbocycles. The summed E-state index contributed by atoms with van der Waals surface area (Å²) in [5, 5.41) is 7.02. The SMILES string of the molecule is COC(=O)[C@H]1CC[C@@H](OC2CCN(C)CC2NC(=O)c2c(N)nn3cc(F)cnc23)CC1. The third-order valence-electron chi connectivity index (χ3n) is 6.34. The average Bonchev–Trinajstić information content (AvgIpc) is 3.10. The standard InChI is InChI=1S/C21H29FN6O4/c1-27-8-7-16(32-14-5-3-12(4-6-14)21(30)31-2)15(11-27)25-20(29)17-18(23)26-28-10-13(22)9-24-19(17)28/h9-10,12,14-16H,3-8,11H2,1-2H3,(H2,23,26)(H,25,29)/t12-,14+,15?,16?. The molecule has 0 bridgehead atoms. The van der Waals surface area contributed by atoms with E-state index in [9.17, 15) is 14.0 Å². The zero-order valence-electron chi connectivity index (χ0n) is 18.3. The van der Waals surface area contributed by atoms with E-state index in [1.54, 1.807) is 0 Å². The third-order valence-corrected chi connectivity index (χ3v) is 6.34. The van der Waals surface area contributed by atoms with Crippen molar-refractivity contribution in [3.8, 4) is 0 Å². The molecular formula is C21H29FN6O4. The molecule has 2 atom stereocenters. The van der Waals surface area contributed by atoms with Gasteiger partial charge in [0, 0.05) is 13.1 Å². The number of aromatic nitrogens is 3. The third kappa shape index (κ3) is 4.68. The van der Waals surface area contributed by atoms with E-state index in [2.05, 4.69) is 20.3 Å². The van der Waals surface area contributed by atoms with Gasteiger partial charge in [-0.25, -0.2) is 13.9 Å². The molecule has 32 heavy (non-hydrogen) atoms. The smallest absolute Gasteiger partial charge is 0.308 e. The Morgan fingerprint density at radius 2 is 2.00 bits per heavy atom. The van der Waals surface area contributed by atoms with Crippen LogP contribution in [-0.2, 0) is 14.3 Å². The van der Waals surface area contributed by atoms with E-state index < -0.39 is 11.7 Å². The van der Waals surface area contributed by atoms with Gasteiger partial charge in [0.25, 0.3) is 5.91 Å². The molecule has 3 N–H and O–H groups in total. The van der Waals surface area contributed by atoms with Crippen LogP contribution in [0, 0.1) is 11.7 Å². The van der Waals surface area contributed by atoms with E-state index >= 15 is 0 Å². The molecule has 10 nitrogen and oxygen atoms in total. The van der Waals surface area contributed by atoms with Gasteiger partial charge in [-0.05, 0) is 39.2 Å². The molecule has 2 aliphatic rings. The molecule has 0 spiro atoms. The number of nitrogens with one attached hydrogen (secondary N) is 1. The molecule has 1 saturated heterocycles. The van der Waals surface area contributed by atoms with Crippen molar-refractivity contribution in [2.24, 2.45) is 5.92 Å². The Morgan fingerprint density at radius 3 is 2.72 bits per heavy atom. The topological polar surface area (TPSA) is 124 Å². The molecule has 1 saturated carbocycles. The minimum atomic E-state index is -0.573. The molecular weight excluding hydrogens is 419 g/mol. The summed E-state index contributed by atoms with van der Waals surface area (Å²) in [6.07, 6.45) is 5.83. The van der Waals surface area contributed by atoms with Crippen LogP contribution in [0.3, 0.4) is 0 Å². The zero-order chi connectivity index (χ0) is 22.8. The van der Waals surface area contributed by atoms with Crippen molar-refractivity contribution in [1.29, 1.82) is 0 Å². The average molecular weight is 448 g/mol. The Hall–Kier alpha value is -2.79. The number of methoxy groups -OCH3 is 1. The number of anilines is 1. The quantitative estimate of drug-likeness (QED) is 0.650. The second-order valence-corrected chi connectivity index (χ2v) is 8.60. The van der Waals surface area contributed by atoms with Gasteiger partial charge in [-0.2, -0.15) is 0 Å². The number of carbonyl (C=O) groups is 2. The normalized spacial score (nSPS) is 26.7. The number of nitrogens with two attached hydrogens (primary N) is 1. The van der Waals surface area contributed by atoms with Crippen molar-refractivity contribution in [3.05, 3.63) is 23.8 Å². The molecule has 0 radical (unpaired) electrons. The maximum atomic E-state index is 13.4. The number of piperidine rings is 1. The number of fused-ring (bicyclic) bond motifs is 1. The number of hydrogen-bond donors (Lipinski definition) is 2. The molecule has 2 unspecified atom stereocenters. The van der Waals surface area contributed by atoms with Gasteiger partial charge < -0.3 is 25.4 Å². The van der Waals surface area contributed by atoms with E-state index in [0.29, 0.717) is 6.54 Å². The summed E-state index contributed by atoms with van der Waals surface area (Å²) in [7, 11) is 3.41. The zero-order valence-corrected chi connectivity index (χ0v) is 18.3. The summed E-state index contributed by atoms with van der Waals surface area (Å²) in [4.78, 5) is 31.0. The second kappa shape index (κ2) is 9.37. The van der Waals surface area contributed by atoms with Gasteiger partial charge >= 0.3 is 5.97 Å². The van der Waals surface area contributed by atoms with Gasteiger partial charge in [0.05, 0.1) is 43.7 Å². The van der Waals surface area contributed by atoms with Crippen molar-refractivity contribution in [3.63, 3.8) is 0 Å². The highest BCUT2D eigenvalue weighted by atomic mass is 19.1. The number of likely N-dealkylation sites (tertiary alicyclic amines) is 1. The maximum absolute atomic E-state index is 13.4. The Kier molecular flexibility index (Phi) is 6.56. The lowest BCUT2D eigenvalue weighted by molar-refractivity contribution is -0.148. The first-order valence-electron chi connectivity index (χ1n) is 10.9. The van der Waals surface area contributed by atoms with Crippen LogP contribution >= 0.6 is 0 Å². The summed E-state index contributed by atoms with van der Waals surface area (Å²) in [5.74, 6) is -1.23. The van der Waals surface area contributed by atoms with Gasteiger partial charge in [0.15, 0.2) is 17.3 Å². The number of nitrogen functional groups attached to an aromatic ring is 1. The molecule has 3 heterocycles. The van der Waals surface area contributed by atoms with Crippen LogP contribution in [0.5, 0.6) is 0 Å². The van der Waals surface area contributed by atoms with Gasteiger partial charge in [-0.3, -0.25) is 9.59 Å². The van der Waals surface area contributed by atoms with Gasteiger partial charge in [0.2, 0.25) is 0 Å². The van der Waals surface area contributed by atoms with Crippen molar-refractivity contribution < 1.29 is 23.5 Å². The molecule has 1 amide bonds. The molecule has 11 heteroatoms. The van der Waals surface area contributed by atoms with Crippen LogP contribution < -0.4 is 11.1 Å². The Morgan fingerprint density at radius 1 is 1.25 bits per heavy atom. The summed E-state index contributed by atoms with van der Waals surface area (Å²) < 4.78 is 25.9. The van der Waals surface area contributed by atoms with Crippen LogP contribution in [0.4, 0.5) is 10.2 Å². The van der Waals surface area contributed by atoms with E-state index in [-0.39, 0.29) is 47.2 Å². The lowest BCUT2D eigenvalue weighted by atomic mass is 9.87. The van der Waals surface area contributed by atoms with E-state index in [4.69, 9.17) is 15.2 Å². The Labute approximate surface area is 185 Å². The second-order valence-electron chi connectivity index (χ2n) is 8.60. The minimum Gasteiger partial charge on any atom is -0.469 e. The predicted octanol–water partition coefficient (Wildman–Crippen LogP) is 1.00. The fourth-order valence-corrected chi connectivity index (χ4v) is 4.63. The fourth-order valence-electron chi connectivity index (χ4n) is 4.63. The largest absolute Gasteiger partial charge is 0.469 e. The fraction of sp³-hybridized carbons (Fsp3) is 0.619.